The number of hydrogen-bond donors (Lipinski definition) is 0. The van der Waals surface area contributed by atoms with Gasteiger partial charge in [-0.25, -0.2) is 0 Å². The second-order valence-electron chi connectivity index (χ2n) is 5.47. The topological polar surface area (TPSA) is 0 Å². The molecule has 0 rings (SSSR count). The summed E-state index contributed by atoms with van der Waals surface area (Å²) in [6, 6.07) is 0. The van der Waals surface area contributed by atoms with E-state index >= 15 is 0 Å². The van der Waals surface area contributed by atoms with Crippen molar-refractivity contribution in [1.82, 2.24) is 0 Å². The van der Waals surface area contributed by atoms with Crippen LogP contribution in [0, 0.1) is 0 Å². The monoisotopic (exact) mass is 276 g/mol. The van der Waals surface area contributed by atoms with Gasteiger partial charge in [-0.05, 0) is 24.6 Å². The average Bonchev–Trinajstić information content (AvgIpc) is 2.28. The Kier molecular flexibility index (Phi) is 10.2. The third kappa shape index (κ3) is 6.02. The van der Waals surface area contributed by atoms with Crippen LogP contribution in [0.2, 0.25) is 0 Å². The summed E-state index contributed by atoms with van der Waals surface area (Å²) in [5.74, 6) is 0. The molecule has 0 heterocycles. The Labute approximate surface area is 113 Å². The van der Waals surface area contributed by atoms with E-state index in [4.69, 9.17) is 0 Å². The van der Waals surface area contributed by atoms with Crippen molar-refractivity contribution in [3.8, 4) is 0 Å². The molecule has 104 valence electrons. The Morgan fingerprint density at radius 2 is 0.824 bits per heavy atom. The van der Waals surface area contributed by atoms with Gasteiger partial charge in [0, 0.05) is 4.90 Å². The predicted octanol–water partition coefficient (Wildman–Crippen LogP) is 6.33. The van der Waals surface area contributed by atoms with E-state index in [1.54, 1.807) is 0 Å². The number of rotatable bonds is 10. The van der Waals surface area contributed by atoms with Crippen LogP contribution in [0.1, 0.15) is 67.2 Å². The molecule has 0 fully saturated rings. The Bertz CT molecular complexity index is 148. The molecule has 0 nitrogen and oxygen atoms in total. The third-order valence-electron chi connectivity index (χ3n) is 3.52. The van der Waals surface area contributed by atoms with Gasteiger partial charge in [-0.1, -0.05) is 83.1 Å². The van der Waals surface area contributed by atoms with Gasteiger partial charge in [0.25, 0.3) is 0 Å². The van der Waals surface area contributed by atoms with Crippen molar-refractivity contribution in [2.75, 3.05) is 24.6 Å². The fourth-order valence-electron chi connectivity index (χ4n) is 2.60. The molecule has 0 aromatic carbocycles. The molecule has 17 heavy (non-hydrogen) atoms. The van der Waals surface area contributed by atoms with Gasteiger partial charge in [0.15, 0.2) is 0 Å². The fourth-order valence-corrected chi connectivity index (χ4v) is 10.2. The second-order valence-corrected chi connectivity index (χ2v) is 12.0. The Morgan fingerprint density at radius 1 is 0.588 bits per heavy atom. The maximum absolute atomic E-state index is 2.60. The van der Waals surface area contributed by atoms with Gasteiger partial charge in [0.1, 0.15) is 0 Å². The first kappa shape index (κ1) is 17.9. The van der Waals surface area contributed by atoms with Crippen molar-refractivity contribution in [3.05, 3.63) is 0 Å². The summed E-state index contributed by atoms with van der Waals surface area (Å²) in [7, 11) is 0.524. The van der Waals surface area contributed by atoms with Crippen molar-refractivity contribution in [2.45, 2.75) is 72.1 Å². The van der Waals surface area contributed by atoms with E-state index in [9.17, 15) is 0 Å². The molecular weight excluding hydrogens is 242 g/mol. The lowest BCUT2D eigenvalue weighted by Gasteiger charge is -2.42. The molecule has 2 heteroatoms. The van der Waals surface area contributed by atoms with Gasteiger partial charge >= 0.3 is 0 Å². The molecule has 0 aliphatic heterocycles. The van der Waals surface area contributed by atoms with E-state index in [-0.39, 0.29) is 15.8 Å². The summed E-state index contributed by atoms with van der Waals surface area (Å²) in [5.41, 5.74) is 0. The quantitative estimate of drug-likeness (QED) is 0.409. The lowest BCUT2D eigenvalue weighted by molar-refractivity contribution is 0.911. The Morgan fingerprint density at radius 3 is 1.00 bits per heavy atom. The van der Waals surface area contributed by atoms with Crippen LogP contribution in [-0.2, 0) is 0 Å². The first-order valence-corrected chi connectivity index (χ1v) is 11.0. The van der Waals surface area contributed by atoms with Crippen molar-refractivity contribution in [2.24, 2.45) is 0 Å². The van der Waals surface area contributed by atoms with Crippen molar-refractivity contribution in [1.29, 1.82) is 0 Å². The molecule has 0 aromatic rings. The highest BCUT2D eigenvalue weighted by Crippen LogP contribution is 2.67. The van der Waals surface area contributed by atoms with Crippen LogP contribution in [0.4, 0.5) is 0 Å². The summed E-state index contributed by atoms with van der Waals surface area (Å²) < 4.78 is 0. The molecule has 0 aliphatic carbocycles. The molecule has 0 aromatic heterocycles. The normalized spacial score (nSPS) is 12.7. The molecule has 0 saturated carbocycles. The maximum atomic E-state index is 2.60. The summed E-state index contributed by atoms with van der Waals surface area (Å²) in [6.07, 6.45) is 11.6. The summed E-state index contributed by atoms with van der Waals surface area (Å²) >= 11 is 0. The summed E-state index contributed by atoms with van der Waals surface area (Å²) in [5, 5.41) is 0. The Hall–Kier alpha value is 0.860. The molecule has 0 radical (unpaired) electrons. The molecule has 0 amide bonds. The predicted molar refractivity (Wildman–Crippen MR) is 88.6 cm³/mol. The average molecular weight is 276 g/mol. The van der Waals surface area contributed by atoms with E-state index in [1.807, 2.05) is 0 Å². The standard InChI is InChI=1S/C15H34P2/c1-7-11-16(12-8-2)15(5,6)17(13-9-3)14-10-4/h7-14H2,1-6H3. The van der Waals surface area contributed by atoms with Crippen molar-refractivity contribution >= 4 is 15.8 Å². The lowest BCUT2D eigenvalue weighted by Crippen LogP contribution is -2.21. The van der Waals surface area contributed by atoms with E-state index in [1.165, 1.54) is 50.3 Å². The molecule has 0 unspecified atom stereocenters. The van der Waals surface area contributed by atoms with Crippen LogP contribution in [0.5, 0.6) is 0 Å². The number of hydrogen-bond acceptors (Lipinski definition) is 0. The highest BCUT2D eigenvalue weighted by atomic mass is 31.2. The smallest absolute Gasteiger partial charge is 0.00497 e. The zero-order valence-electron chi connectivity index (χ0n) is 13.1. The van der Waals surface area contributed by atoms with E-state index in [2.05, 4.69) is 41.5 Å². The zero-order valence-corrected chi connectivity index (χ0v) is 14.8. The van der Waals surface area contributed by atoms with Gasteiger partial charge in [0.05, 0.1) is 0 Å². The summed E-state index contributed by atoms with van der Waals surface area (Å²) in [6.45, 7) is 14.7. The van der Waals surface area contributed by atoms with Crippen LogP contribution >= 0.6 is 15.8 Å². The van der Waals surface area contributed by atoms with Gasteiger partial charge in [-0.15, -0.1) is 0 Å². The molecule has 0 bridgehead atoms. The molecule has 0 aliphatic rings. The maximum Gasteiger partial charge on any atom is 0.00497 e. The largest absolute Gasteiger partial charge is 0.0965 e. The van der Waals surface area contributed by atoms with Crippen molar-refractivity contribution < 1.29 is 0 Å². The van der Waals surface area contributed by atoms with Crippen LogP contribution in [0.3, 0.4) is 0 Å². The third-order valence-corrected chi connectivity index (χ3v) is 12.3. The fraction of sp³-hybridized carbons (Fsp3) is 1.00. The van der Waals surface area contributed by atoms with Gasteiger partial charge in [-0.3, -0.25) is 0 Å². The highest BCUT2D eigenvalue weighted by Gasteiger charge is 2.34. The van der Waals surface area contributed by atoms with Gasteiger partial charge < -0.3 is 0 Å². The SMILES string of the molecule is CCCP(CCC)C(C)(C)P(CCC)CCC. The van der Waals surface area contributed by atoms with Crippen LogP contribution in [0.15, 0.2) is 0 Å². The zero-order chi connectivity index (χ0) is 13.3. The van der Waals surface area contributed by atoms with Crippen LogP contribution in [-0.4, -0.2) is 29.5 Å². The summed E-state index contributed by atoms with van der Waals surface area (Å²) in [4.78, 5) is 0.669. The van der Waals surface area contributed by atoms with E-state index in [0.717, 1.165) is 0 Å². The molecular formula is C15H34P2. The minimum absolute atomic E-state index is 0.262. The van der Waals surface area contributed by atoms with E-state index < -0.39 is 0 Å². The van der Waals surface area contributed by atoms with E-state index in [0.29, 0.717) is 4.90 Å². The second kappa shape index (κ2) is 9.75. The molecule has 0 saturated heterocycles. The minimum atomic E-state index is 0.262. The first-order chi connectivity index (χ1) is 8.04. The first-order valence-electron chi connectivity index (χ1n) is 7.54. The lowest BCUT2D eigenvalue weighted by atomic mass is 10.5. The van der Waals surface area contributed by atoms with Gasteiger partial charge in [-0.2, -0.15) is 0 Å². The molecule has 0 atom stereocenters. The Balaban J connectivity index is 4.71. The highest BCUT2D eigenvalue weighted by molar-refractivity contribution is 7.77. The van der Waals surface area contributed by atoms with Crippen molar-refractivity contribution in [3.63, 3.8) is 0 Å². The molecule has 0 spiro atoms. The van der Waals surface area contributed by atoms with Crippen LogP contribution in [0.25, 0.3) is 0 Å². The van der Waals surface area contributed by atoms with Gasteiger partial charge in [0.2, 0.25) is 0 Å². The minimum Gasteiger partial charge on any atom is -0.0965 e. The van der Waals surface area contributed by atoms with Crippen LogP contribution < -0.4 is 0 Å². The molecule has 0 N–H and O–H groups in total.